The summed E-state index contributed by atoms with van der Waals surface area (Å²) in [4.78, 5) is 12.3. The number of hydrogen-bond acceptors (Lipinski definition) is 6. The van der Waals surface area contributed by atoms with E-state index in [1.807, 2.05) is 53.1 Å². The first-order valence-electron chi connectivity index (χ1n) is 10.0. The molecule has 0 radical (unpaired) electrons. The number of hydrogen-bond donors (Lipinski definition) is 1. The number of amides is 1. The van der Waals surface area contributed by atoms with Gasteiger partial charge in [-0.15, -0.1) is 10.2 Å². The zero-order valence-corrected chi connectivity index (χ0v) is 18.7. The molecule has 1 unspecified atom stereocenters. The number of carbonyl (C=O) groups excluding carboxylic acids is 1. The molecule has 0 saturated carbocycles. The van der Waals surface area contributed by atoms with Crippen LogP contribution < -0.4 is 10.1 Å². The Bertz CT molecular complexity index is 1020. The molecule has 1 aromatic heterocycles. The van der Waals surface area contributed by atoms with Gasteiger partial charge < -0.3 is 14.8 Å². The largest absolute Gasteiger partial charge is 0.497 e. The first kappa shape index (κ1) is 21.7. The minimum Gasteiger partial charge on any atom is -0.497 e. The third-order valence-electron chi connectivity index (χ3n) is 4.95. The van der Waals surface area contributed by atoms with Gasteiger partial charge in [0.25, 0.3) is 0 Å². The van der Waals surface area contributed by atoms with Gasteiger partial charge >= 0.3 is 0 Å². The number of ether oxygens (including phenoxy) is 2. The summed E-state index contributed by atoms with van der Waals surface area (Å²) in [6.07, 6.45) is 2.16. The number of nitrogens with one attached hydrogen (secondary N) is 1. The summed E-state index contributed by atoms with van der Waals surface area (Å²) in [5.74, 6) is 1.61. The average molecular weight is 459 g/mol. The fourth-order valence-corrected chi connectivity index (χ4v) is 4.24. The molecule has 2 heterocycles. The molecule has 1 fully saturated rings. The van der Waals surface area contributed by atoms with Crippen molar-refractivity contribution in [2.45, 2.75) is 24.1 Å². The molecule has 9 heteroatoms. The van der Waals surface area contributed by atoms with Crippen molar-refractivity contribution in [2.24, 2.45) is 0 Å². The molecule has 2 aromatic carbocycles. The lowest BCUT2D eigenvalue weighted by atomic mass is 10.2. The van der Waals surface area contributed by atoms with Crippen molar-refractivity contribution in [2.75, 3.05) is 26.0 Å². The molecular weight excluding hydrogens is 436 g/mol. The highest BCUT2D eigenvalue weighted by atomic mass is 35.5. The predicted octanol–water partition coefficient (Wildman–Crippen LogP) is 3.98. The van der Waals surface area contributed by atoms with Crippen molar-refractivity contribution in [1.82, 2.24) is 20.1 Å². The highest BCUT2D eigenvalue weighted by molar-refractivity contribution is 7.99. The van der Waals surface area contributed by atoms with Crippen LogP contribution in [0.1, 0.15) is 12.8 Å². The summed E-state index contributed by atoms with van der Waals surface area (Å²) in [5.41, 5.74) is 1.75. The van der Waals surface area contributed by atoms with Crippen molar-refractivity contribution in [3.8, 4) is 22.8 Å². The van der Waals surface area contributed by atoms with Crippen LogP contribution in [0.15, 0.2) is 53.7 Å². The van der Waals surface area contributed by atoms with Crippen molar-refractivity contribution >= 4 is 29.3 Å². The second-order valence-corrected chi connectivity index (χ2v) is 8.45. The minimum atomic E-state index is -0.0576. The monoisotopic (exact) mass is 458 g/mol. The van der Waals surface area contributed by atoms with Crippen LogP contribution in [-0.4, -0.2) is 52.8 Å². The zero-order valence-electron chi connectivity index (χ0n) is 17.1. The normalized spacial score (nSPS) is 15.7. The maximum Gasteiger partial charge on any atom is 0.230 e. The Kier molecular flexibility index (Phi) is 7.11. The quantitative estimate of drug-likeness (QED) is 0.514. The van der Waals surface area contributed by atoms with E-state index in [-0.39, 0.29) is 17.8 Å². The molecule has 0 spiro atoms. The van der Waals surface area contributed by atoms with E-state index in [4.69, 9.17) is 21.1 Å². The zero-order chi connectivity index (χ0) is 21.6. The van der Waals surface area contributed by atoms with Gasteiger partial charge in [0, 0.05) is 29.4 Å². The molecular formula is C22H23ClN4O3S. The van der Waals surface area contributed by atoms with Crippen LogP contribution >= 0.6 is 23.4 Å². The van der Waals surface area contributed by atoms with Crippen LogP contribution in [0.2, 0.25) is 5.02 Å². The molecule has 31 heavy (non-hydrogen) atoms. The Morgan fingerprint density at radius 3 is 2.68 bits per heavy atom. The maximum atomic E-state index is 12.3. The number of carbonyl (C=O) groups is 1. The lowest BCUT2D eigenvalue weighted by Crippen LogP contribution is -2.32. The Morgan fingerprint density at radius 1 is 1.23 bits per heavy atom. The molecule has 1 N–H and O–H groups in total. The van der Waals surface area contributed by atoms with Crippen molar-refractivity contribution in [3.63, 3.8) is 0 Å². The van der Waals surface area contributed by atoms with Gasteiger partial charge in [-0.05, 0) is 61.4 Å². The number of benzene rings is 2. The van der Waals surface area contributed by atoms with Gasteiger partial charge in [-0.3, -0.25) is 9.36 Å². The van der Waals surface area contributed by atoms with Gasteiger partial charge in [0.2, 0.25) is 5.91 Å². The van der Waals surface area contributed by atoms with Gasteiger partial charge in [-0.25, -0.2) is 0 Å². The molecule has 1 atom stereocenters. The Morgan fingerprint density at radius 2 is 2.00 bits per heavy atom. The number of aromatic nitrogens is 3. The number of rotatable bonds is 8. The van der Waals surface area contributed by atoms with E-state index >= 15 is 0 Å². The Balaban J connectivity index is 1.54. The van der Waals surface area contributed by atoms with E-state index in [0.717, 1.165) is 36.4 Å². The van der Waals surface area contributed by atoms with Crippen LogP contribution in [0, 0.1) is 0 Å². The van der Waals surface area contributed by atoms with Crippen molar-refractivity contribution < 1.29 is 14.3 Å². The van der Waals surface area contributed by atoms with Crippen molar-refractivity contribution in [3.05, 3.63) is 53.6 Å². The number of thioether (sulfide) groups is 1. The van der Waals surface area contributed by atoms with E-state index in [0.29, 0.717) is 22.5 Å². The molecule has 1 amide bonds. The third kappa shape index (κ3) is 5.39. The lowest BCUT2D eigenvalue weighted by molar-refractivity contribution is -0.119. The van der Waals surface area contributed by atoms with Gasteiger partial charge in [0.05, 0.1) is 19.0 Å². The van der Waals surface area contributed by atoms with Crippen molar-refractivity contribution in [1.29, 1.82) is 0 Å². The molecule has 7 nitrogen and oxygen atoms in total. The molecule has 1 aliphatic rings. The smallest absolute Gasteiger partial charge is 0.230 e. The van der Waals surface area contributed by atoms with E-state index in [1.54, 1.807) is 7.11 Å². The number of nitrogens with zero attached hydrogens (tertiary/aromatic N) is 3. The number of methoxy groups -OCH3 is 1. The number of halogens is 1. The second-order valence-electron chi connectivity index (χ2n) is 7.07. The van der Waals surface area contributed by atoms with Gasteiger partial charge in [-0.1, -0.05) is 23.4 Å². The van der Waals surface area contributed by atoms with E-state index in [2.05, 4.69) is 15.5 Å². The van der Waals surface area contributed by atoms with Crippen LogP contribution in [-0.2, 0) is 9.53 Å². The van der Waals surface area contributed by atoms with Crippen LogP contribution in [0.4, 0.5) is 0 Å². The first-order chi connectivity index (χ1) is 15.1. The Hall–Kier alpha value is -2.55. The van der Waals surface area contributed by atoms with E-state index < -0.39 is 0 Å². The fraction of sp³-hybridized carbons (Fsp3) is 0.318. The predicted molar refractivity (Wildman–Crippen MR) is 121 cm³/mol. The van der Waals surface area contributed by atoms with Gasteiger partial charge in [-0.2, -0.15) is 0 Å². The summed E-state index contributed by atoms with van der Waals surface area (Å²) < 4.78 is 12.8. The second kappa shape index (κ2) is 10.2. The van der Waals surface area contributed by atoms with Crippen LogP contribution in [0.25, 0.3) is 17.1 Å². The van der Waals surface area contributed by atoms with Crippen LogP contribution in [0.3, 0.4) is 0 Å². The molecule has 1 aliphatic heterocycles. The molecule has 162 valence electrons. The third-order valence-corrected chi connectivity index (χ3v) is 6.13. The summed E-state index contributed by atoms with van der Waals surface area (Å²) in [6.45, 7) is 1.31. The first-order valence-corrected chi connectivity index (χ1v) is 11.4. The summed E-state index contributed by atoms with van der Waals surface area (Å²) in [5, 5.41) is 13.0. The molecule has 4 rings (SSSR count). The van der Waals surface area contributed by atoms with Gasteiger partial charge in [0.15, 0.2) is 11.0 Å². The van der Waals surface area contributed by atoms with Gasteiger partial charge in [0.1, 0.15) is 5.75 Å². The lowest BCUT2D eigenvalue weighted by Gasteiger charge is -2.12. The molecule has 1 saturated heterocycles. The summed E-state index contributed by atoms with van der Waals surface area (Å²) >= 11 is 7.38. The highest BCUT2D eigenvalue weighted by Gasteiger charge is 2.19. The topological polar surface area (TPSA) is 78.3 Å². The van der Waals surface area contributed by atoms with Crippen LogP contribution in [0.5, 0.6) is 5.75 Å². The molecule has 0 bridgehead atoms. The highest BCUT2D eigenvalue weighted by Crippen LogP contribution is 2.29. The summed E-state index contributed by atoms with van der Waals surface area (Å²) in [7, 11) is 1.63. The standard InChI is InChI=1S/C22H23ClN4O3S/c1-29-18-10-8-17(9-11-18)27-21(15-4-6-16(23)7-5-15)25-26-22(27)31-14-20(28)24-13-19-3-2-12-30-19/h4-11,19H,2-3,12-14H2,1H3,(H,24,28). The fourth-order valence-electron chi connectivity index (χ4n) is 3.33. The summed E-state index contributed by atoms with van der Waals surface area (Å²) in [6, 6.07) is 15.1. The Labute approximate surface area is 190 Å². The maximum absolute atomic E-state index is 12.3. The molecule has 0 aliphatic carbocycles. The minimum absolute atomic E-state index is 0.0576. The SMILES string of the molecule is COc1ccc(-n2c(SCC(=O)NCC3CCCO3)nnc2-c2ccc(Cl)cc2)cc1. The average Bonchev–Trinajstić information content (AvgIpc) is 3.47. The van der Waals surface area contributed by atoms with E-state index in [1.165, 1.54) is 11.8 Å². The van der Waals surface area contributed by atoms with E-state index in [9.17, 15) is 4.79 Å². The molecule has 3 aromatic rings.